The van der Waals surface area contributed by atoms with Crippen molar-refractivity contribution in [2.75, 3.05) is 7.11 Å². The normalized spacial score (nSPS) is 23.7. The number of halogens is 1. The Morgan fingerprint density at radius 2 is 2.13 bits per heavy atom. The smallest absolute Gasteiger partial charge is 0.331 e. The van der Waals surface area contributed by atoms with Crippen LogP contribution in [0.5, 0.6) is 0 Å². The molecule has 3 nitrogen and oxygen atoms in total. The number of ether oxygens (including phenoxy) is 1. The Bertz CT molecular complexity index is 441. The van der Waals surface area contributed by atoms with Crippen LogP contribution in [-0.2, 0) is 16.0 Å². The topological polar surface area (TPSA) is 43.4 Å². The molecule has 1 aliphatic rings. The maximum absolute atomic E-state index is 12.0. The molecule has 1 aromatic carbocycles. The summed E-state index contributed by atoms with van der Waals surface area (Å²) in [7, 11) is 1.28. The Morgan fingerprint density at radius 3 is 2.73 bits per heavy atom. The van der Waals surface area contributed by atoms with Crippen LogP contribution in [0.2, 0.25) is 0 Å². The van der Waals surface area contributed by atoms with Gasteiger partial charge in [-0.1, -0.05) is 40.2 Å². The van der Waals surface area contributed by atoms with Crippen molar-refractivity contribution >= 4 is 27.7 Å². The molecule has 1 aliphatic carbocycles. The number of alkyl halides is 1. The van der Waals surface area contributed by atoms with Crippen LogP contribution in [0.25, 0.3) is 0 Å². The molecule has 0 aliphatic heterocycles. The molecule has 0 radical (unpaired) electrons. The molecule has 0 aromatic heterocycles. The molecule has 0 saturated carbocycles. The minimum absolute atomic E-state index is 0.218. The third kappa shape index (κ3) is 1.40. The SMILES string of the molecule is COC(=O)C1(Br)Cc2ccccc2C1=O. The predicted molar refractivity (Wildman–Crippen MR) is 58.2 cm³/mol. The van der Waals surface area contributed by atoms with Gasteiger partial charge in [0.05, 0.1) is 7.11 Å². The van der Waals surface area contributed by atoms with Gasteiger partial charge in [-0.2, -0.15) is 0 Å². The van der Waals surface area contributed by atoms with Gasteiger partial charge in [0.15, 0.2) is 10.1 Å². The number of carbonyl (C=O) groups is 2. The fraction of sp³-hybridized carbons (Fsp3) is 0.273. The van der Waals surface area contributed by atoms with Crippen LogP contribution in [0.4, 0.5) is 0 Å². The molecular formula is C11H9BrO3. The number of benzene rings is 1. The van der Waals surface area contributed by atoms with Crippen molar-refractivity contribution in [2.45, 2.75) is 10.7 Å². The van der Waals surface area contributed by atoms with Crippen LogP contribution in [0, 0.1) is 0 Å². The third-order valence-electron chi connectivity index (χ3n) is 2.56. The molecule has 0 heterocycles. The molecule has 78 valence electrons. The molecule has 0 amide bonds. The lowest BCUT2D eigenvalue weighted by Crippen LogP contribution is -2.39. The summed E-state index contributed by atoms with van der Waals surface area (Å²) in [5, 5.41) is 0. The first-order chi connectivity index (χ1) is 7.09. The van der Waals surface area contributed by atoms with E-state index in [0.717, 1.165) is 5.56 Å². The van der Waals surface area contributed by atoms with Crippen LogP contribution >= 0.6 is 15.9 Å². The van der Waals surface area contributed by atoms with Gasteiger partial charge in [0.25, 0.3) is 0 Å². The molecule has 2 rings (SSSR count). The first kappa shape index (κ1) is 10.4. The molecule has 0 N–H and O–H groups in total. The van der Waals surface area contributed by atoms with Crippen molar-refractivity contribution in [3.63, 3.8) is 0 Å². The van der Waals surface area contributed by atoms with Gasteiger partial charge >= 0.3 is 5.97 Å². The molecular weight excluding hydrogens is 260 g/mol. The monoisotopic (exact) mass is 268 g/mol. The van der Waals surface area contributed by atoms with Gasteiger partial charge in [0, 0.05) is 12.0 Å². The first-order valence-electron chi connectivity index (χ1n) is 4.49. The van der Waals surface area contributed by atoms with Crippen molar-refractivity contribution in [3.8, 4) is 0 Å². The fourth-order valence-electron chi connectivity index (χ4n) is 1.78. The summed E-state index contributed by atoms with van der Waals surface area (Å²) >= 11 is 3.19. The van der Waals surface area contributed by atoms with Crippen LogP contribution in [-0.4, -0.2) is 23.2 Å². The van der Waals surface area contributed by atoms with E-state index in [1.54, 1.807) is 12.1 Å². The van der Waals surface area contributed by atoms with E-state index in [1.165, 1.54) is 7.11 Å². The van der Waals surface area contributed by atoms with Gasteiger partial charge in [-0.05, 0) is 5.56 Å². The maximum Gasteiger partial charge on any atom is 0.331 e. The Morgan fingerprint density at radius 1 is 1.47 bits per heavy atom. The van der Waals surface area contributed by atoms with E-state index in [0.29, 0.717) is 12.0 Å². The molecule has 1 aromatic rings. The summed E-state index contributed by atoms with van der Waals surface area (Å²) in [6.07, 6.45) is 0.356. The summed E-state index contributed by atoms with van der Waals surface area (Å²) in [6, 6.07) is 7.21. The van der Waals surface area contributed by atoms with E-state index in [1.807, 2.05) is 12.1 Å². The summed E-state index contributed by atoms with van der Waals surface area (Å²) in [5.41, 5.74) is 1.48. The maximum atomic E-state index is 12.0. The molecule has 0 bridgehead atoms. The summed E-state index contributed by atoms with van der Waals surface area (Å²) < 4.78 is 3.42. The summed E-state index contributed by atoms with van der Waals surface area (Å²) in [6.45, 7) is 0. The van der Waals surface area contributed by atoms with Gasteiger partial charge in [0.2, 0.25) is 0 Å². The van der Waals surface area contributed by atoms with Crippen molar-refractivity contribution in [2.24, 2.45) is 0 Å². The van der Waals surface area contributed by atoms with Crippen LogP contribution in [0.1, 0.15) is 15.9 Å². The quantitative estimate of drug-likeness (QED) is 0.443. The Labute approximate surface area is 95.6 Å². The molecule has 15 heavy (non-hydrogen) atoms. The fourth-order valence-corrected chi connectivity index (χ4v) is 2.46. The van der Waals surface area contributed by atoms with E-state index in [2.05, 4.69) is 20.7 Å². The highest BCUT2D eigenvalue weighted by Gasteiger charge is 2.50. The zero-order valence-corrected chi connectivity index (χ0v) is 9.71. The van der Waals surface area contributed by atoms with Crippen LogP contribution in [0.3, 0.4) is 0 Å². The molecule has 0 fully saturated rings. The number of ketones is 1. The van der Waals surface area contributed by atoms with Crippen molar-refractivity contribution in [3.05, 3.63) is 35.4 Å². The number of Topliss-reactive ketones (excluding diaryl/α,β-unsaturated/α-hetero) is 1. The Balaban J connectivity index is 2.47. The number of esters is 1. The first-order valence-corrected chi connectivity index (χ1v) is 5.29. The number of rotatable bonds is 1. The average Bonchev–Trinajstić information content (AvgIpc) is 2.52. The second-order valence-electron chi connectivity index (χ2n) is 3.46. The van der Waals surface area contributed by atoms with E-state index < -0.39 is 10.3 Å². The zero-order chi connectivity index (χ0) is 11.1. The lowest BCUT2D eigenvalue weighted by molar-refractivity contribution is -0.141. The molecule has 0 saturated heterocycles. The largest absolute Gasteiger partial charge is 0.468 e. The highest BCUT2D eigenvalue weighted by molar-refractivity contribution is 9.10. The Kier molecular flexibility index (Phi) is 2.38. The average molecular weight is 269 g/mol. The summed E-state index contributed by atoms with van der Waals surface area (Å²) in [4.78, 5) is 23.5. The van der Waals surface area contributed by atoms with Gasteiger partial charge < -0.3 is 4.74 Å². The standard InChI is InChI=1S/C11H9BrO3/c1-15-10(14)11(12)6-7-4-2-3-5-8(7)9(11)13/h2-5H,6H2,1H3. The number of hydrogen-bond donors (Lipinski definition) is 0. The highest BCUT2D eigenvalue weighted by atomic mass is 79.9. The molecule has 1 atom stereocenters. The number of methoxy groups -OCH3 is 1. The molecule has 4 heteroatoms. The van der Waals surface area contributed by atoms with E-state index in [-0.39, 0.29) is 5.78 Å². The zero-order valence-electron chi connectivity index (χ0n) is 8.12. The van der Waals surface area contributed by atoms with Crippen LogP contribution < -0.4 is 0 Å². The molecule has 1 unspecified atom stereocenters. The van der Waals surface area contributed by atoms with Crippen LogP contribution in [0.15, 0.2) is 24.3 Å². The minimum Gasteiger partial charge on any atom is -0.468 e. The third-order valence-corrected chi connectivity index (χ3v) is 3.53. The van der Waals surface area contributed by atoms with E-state index in [9.17, 15) is 9.59 Å². The van der Waals surface area contributed by atoms with E-state index >= 15 is 0 Å². The molecule has 0 spiro atoms. The van der Waals surface area contributed by atoms with Gasteiger partial charge in [0.1, 0.15) is 0 Å². The van der Waals surface area contributed by atoms with Crippen molar-refractivity contribution in [1.82, 2.24) is 0 Å². The highest BCUT2D eigenvalue weighted by Crippen LogP contribution is 2.37. The predicted octanol–water partition coefficient (Wildman–Crippen LogP) is 1.73. The van der Waals surface area contributed by atoms with E-state index in [4.69, 9.17) is 0 Å². The second-order valence-corrected chi connectivity index (χ2v) is 4.81. The van der Waals surface area contributed by atoms with Gasteiger partial charge in [-0.3, -0.25) is 9.59 Å². The van der Waals surface area contributed by atoms with Crippen molar-refractivity contribution in [1.29, 1.82) is 0 Å². The van der Waals surface area contributed by atoms with Gasteiger partial charge in [-0.25, -0.2) is 0 Å². The second kappa shape index (κ2) is 3.45. The lowest BCUT2D eigenvalue weighted by Gasteiger charge is -2.15. The van der Waals surface area contributed by atoms with Crippen molar-refractivity contribution < 1.29 is 14.3 Å². The summed E-state index contributed by atoms with van der Waals surface area (Å²) in [5.74, 6) is -0.756. The number of carbonyl (C=O) groups excluding carboxylic acids is 2. The number of fused-ring (bicyclic) bond motifs is 1. The van der Waals surface area contributed by atoms with Gasteiger partial charge in [-0.15, -0.1) is 0 Å². The lowest BCUT2D eigenvalue weighted by atomic mass is 10.1. The minimum atomic E-state index is -1.22. The number of hydrogen-bond acceptors (Lipinski definition) is 3. The Hall–Kier alpha value is -1.16.